The van der Waals surface area contributed by atoms with Crippen LogP contribution in [0.25, 0.3) is 76.8 Å². The van der Waals surface area contributed by atoms with E-state index in [-0.39, 0.29) is 32.7 Å². The molecule has 2 fully saturated rings. The number of rotatable bonds is 4. The number of nitrogens with zero attached hydrogens (tertiary/aromatic N) is 2. The Hall–Kier alpha value is -7.94. The highest BCUT2D eigenvalue weighted by Crippen LogP contribution is 2.70. The third kappa shape index (κ3) is 6.01. The number of fused-ring (bicyclic) bond motifs is 17. The highest BCUT2D eigenvalue weighted by Gasteiger charge is 2.67. The molecule has 4 atom stereocenters. The van der Waals surface area contributed by atoms with Crippen molar-refractivity contribution >= 4 is 55.1 Å². The first-order valence-electron chi connectivity index (χ1n) is 31.2. The van der Waals surface area contributed by atoms with Crippen LogP contribution < -0.4 is 9.80 Å². The standard InChI is InChI=1S/C81H74N2/c1-75(2,3)79-44-19-17-42-77(79,7)67-48-55(35-40-70(67)82(79)58-24-11-9-12-25-58)53-33-37-60-61-38-34-54(56-36-41-71-68(49-56)78(8)43-18-20-45-80(78,76(4,5)6)83(71)59-26-13-10-14-27-59)47-66(61)81(65(60)46-53)64-29-16-15-28-62(64)74-63-39-32-52-23-21-22-51-30-31-57(50-69(74)81)73(63)72(51)52/h9-16,21-41,46-50H,17-20,42-45H2,1-8H3. The lowest BCUT2D eigenvalue weighted by molar-refractivity contribution is 0.0607. The predicted octanol–water partition coefficient (Wildman–Crippen LogP) is 21.8. The SMILES string of the molecule is CC(C)(C)C12CCCCC1(C)c1cc(-c3ccc4c(c3)C3(c5cc(-c6ccc7c(c6)C6(C)CCCCC6(C(C)(C)C)N7c6ccccc6)ccc5-4)c4ccccc4-c4c3cc3ccc5cccc6ccc4c3c56)ccc1N2c1ccccc1. The molecule has 2 heterocycles. The Morgan fingerprint density at radius 2 is 0.783 bits per heavy atom. The monoisotopic (exact) mass is 1070 g/mol. The Balaban J connectivity index is 0.903. The Bertz CT molecular complexity index is 4330. The van der Waals surface area contributed by atoms with E-state index in [4.69, 9.17) is 0 Å². The molecule has 2 heteroatoms. The van der Waals surface area contributed by atoms with Crippen LogP contribution in [0.1, 0.15) is 140 Å². The third-order valence-corrected chi connectivity index (χ3v) is 23.1. The number of hydrogen-bond acceptors (Lipinski definition) is 2. The van der Waals surface area contributed by atoms with Crippen LogP contribution in [0.15, 0.2) is 206 Å². The van der Waals surface area contributed by atoms with E-state index in [0.29, 0.717) is 0 Å². The zero-order valence-electron chi connectivity index (χ0n) is 49.7. The molecule has 1 spiro atoms. The summed E-state index contributed by atoms with van der Waals surface area (Å²) in [5.41, 5.74) is 23.7. The molecule has 11 aromatic carbocycles. The van der Waals surface area contributed by atoms with E-state index < -0.39 is 5.41 Å². The van der Waals surface area contributed by atoms with Gasteiger partial charge in [-0.15, -0.1) is 0 Å². The Labute approximate surface area is 491 Å². The fourth-order valence-electron chi connectivity index (χ4n) is 20.0. The van der Waals surface area contributed by atoms with Crippen molar-refractivity contribution in [2.75, 3.05) is 9.80 Å². The molecular weight excluding hydrogens is 1000 g/mol. The summed E-state index contributed by atoms with van der Waals surface area (Å²) < 4.78 is 0. The summed E-state index contributed by atoms with van der Waals surface area (Å²) in [6.07, 6.45) is 9.68. The van der Waals surface area contributed by atoms with Crippen molar-refractivity contribution in [1.82, 2.24) is 0 Å². The molecule has 4 aliphatic carbocycles. The van der Waals surface area contributed by atoms with Gasteiger partial charge in [0.2, 0.25) is 0 Å². The van der Waals surface area contributed by atoms with Gasteiger partial charge in [-0.05, 0) is 213 Å². The van der Waals surface area contributed by atoms with Gasteiger partial charge in [0, 0.05) is 33.6 Å². The second-order valence-electron chi connectivity index (χ2n) is 28.6. The minimum absolute atomic E-state index is 0.0186. The van der Waals surface area contributed by atoms with Crippen LogP contribution in [0.5, 0.6) is 0 Å². The molecule has 4 unspecified atom stereocenters. The summed E-state index contributed by atoms with van der Waals surface area (Å²) in [4.78, 5) is 5.58. The van der Waals surface area contributed by atoms with Gasteiger partial charge in [-0.25, -0.2) is 0 Å². The largest absolute Gasteiger partial charge is 0.334 e. The van der Waals surface area contributed by atoms with E-state index in [0.717, 1.165) is 0 Å². The summed E-state index contributed by atoms with van der Waals surface area (Å²) in [7, 11) is 0. The van der Waals surface area contributed by atoms with Gasteiger partial charge >= 0.3 is 0 Å². The first-order chi connectivity index (χ1) is 40.1. The van der Waals surface area contributed by atoms with Gasteiger partial charge in [0.1, 0.15) is 0 Å². The lowest BCUT2D eigenvalue weighted by Gasteiger charge is -2.59. The first-order valence-corrected chi connectivity index (χ1v) is 31.2. The quantitative estimate of drug-likeness (QED) is 0.162. The summed E-state index contributed by atoms with van der Waals surface area (Å²) in [6, 6.07) is 81.5. The maximum absolute atomic E-state index is 2.79. The van der Waals surface area contributed by atoms with Gasteiger partial charge in [0.25, 0.3) is 0 Å². The van der Waals surface area contributed by atoms with Crippen LogP contribution in [0.3, 0.4) is 0 Å². The Kier molecular flexibility index (Phi) is 9.96. The molecule has 0 N–H and O–H groups in total. The Morgan fingerprint density at radius 1 is 0.337 bits per heavy atom. The average Bonchev–Trinajstić information content (AvgIpc) is 1.60. The fraction of sp³-hybridized carbons (Fsp3) is 0.284. The van der Waals surface area contributed by atoms with Crippen molar-refractivity contribution < 1.29 is 0 Å². The molecule has 83 heavy (non-hydrogen) atoms. The zero-order chi connectivity index (χ0) is 56.2. The molecule has 6 aliphatic rings. The average molecular weight is 1080 g/mol. The summed E-state index contributed by atoms with van der Waals surface area (Å²) in [5, 5.41) is 8.02. The molecule has 0 radical (unpaired) electrons. The number of hydrogen-bond donors (Lipinski definition) is 0. The maximum atomic E-state index is 2.79. The van der Waals surface area contributed by atoms with Crippen LogP contribution in [0.2, 0.25) is 0 Å². The molecule has 2 nitrogen and oxygen atoms in total. The van der Waals surface area contributed by atoms with Crippen LogP contribution in [-0.2, 0) is 16.2 Å². The number of anilines is 4. The van der Waals surface area contributed by atoms with E-state index >= 15 is 0 Å². The lowest BCUT2D eigenvalue weighted by Crippen LogP contribution is -2.64. The summed E-state index contributed by atoms with van der Waals surface area (Å²) >= 11 is 0. The molecule has 0 bridgehead atoms. The second-order valence-corrected chi connectivity index (χ2v) is 28.6. The van der Waals surface area contributed by atoms with Crippen molar-refractivity contribution in [2.45, 2.75) is 134 Å². The zero-order valence-corrected chi connectivity index (χ0v) is 49.7. The molecule has 0 amide bonds. The van der Waals surface area contributed by atoms with E-state index in [2.05, 4.69) is 271 Å². The topological polar surface area (TPSA) is 6.48 Å². The van der Waals surface area contributed by atoms with Crippen molar-refractivity contribution in [2.24, 2.45) is 10.8 Å². The predicted molar refractivity (Wildman–Crippen MR) is 350 cm³/mol. The van der Waals surface area contributed by atoms with Gasteiger partial charge in [-0.1, -0.05) is 221 Å². The molecule has 11 aromatic rings. The molecular formula is C81H74N2. The molecule has 2 aliphatic heterocycles. The third-order valence-electron chi connectivity index (χ3n) is 23.1. The van der Waals surface area contributed by atoms with E-state index in [1.165, 1.54) is 184 Å². The van der Waals surface area contributed by atoms with E-state index in [1.807, 2.05) is 0 Å². The van der Waals surface area contributed by atoms with E-state index in [9.17, 15) is 0 Å². The van der Waals surface area contributed by atoms with Gasteiger partial charge in [0.15, 0.2) is 0 Å². The first kappa shape index (κ1) is 49.7. The van der Waals surface area contributed by atoms with Gasteiger partial charge in [-0.3, -0.25) is 0 Å². The lowest BCUT2D eigenvalue weighted by atomic mass is 9.52. The minimum Gasteiger partial charge on any atom is -0.334 e. The number of benzene rings is 11. The van der Waals surface area contributed by atoms with Gasteiger partial charge < -0.3 is 9.80 Å². The summed E-state index contributed by atoms with van der Waals surface area (Å²) in [5.74, 6) is 0. The maximum Gasteiger partial charge on any atom is 0.0726 e. The molecule has 0 saturated heterocycles. The van der Waals surface area contributed by atoms with Crippen molar-refractivity contribution in [3.63, 3.8) is 0 Å². The van der Waals surface area contributed by atoms with E-state index in [1.54, 1.807) is 0 Å². The number of para-hydroxylation sites is 2. The molecule has 408 valence electrons. The summed E-state index contributed by atoms with van der Waals surface area (Å²) in [6.45, 7) is 20.3. The molecule has 0 aromatic heterocycles. The Morgan fingerprint density at radius 3 is 1.30 bits per heavy atom. The minimum atomic E-state index is -0.581. The fourth-order valence-corrected chi connectivity index (χ4v) is 20.0. The highest BCUT2D eigenvalue weighted by atomic mass is 15.3. The van der Waals surface area contributed by atoms with Gasteiger partial charge in [-0.2, -0.15) is 0 Å². The molecule has 2 saturated carbocycles. The normalized spacial score (nSPS) is 24.7. The van der Waals surface area contributed by atoms with Gasteiger partial charge in [0.05, 0.1) is 16.5 Å². The van der Waals surface area contributed by atoms with Crippen LogP contribution >= 0.6 is 0 Å². The van der Waals surface area contributed by atoms with Crippen LogP contribution in [0, 0.1) is 10.8 Å². The van der Waals surface area contributed by atoms with Crippen molar-refractivity contribution in [3.05, 3.63) is 240 Å². The van der Waals surface area contributed by atoms with Crippen molar-refractivity contribution in [3.8, 4) is 44.5 Å². The van der Waals surface area contributed by atoms with Crippen molar-refractivity contribution in [1.29, 1.82) is 0 Å². The van der Waals surface area contributed by atoms with Crippen LogP contribution in [-0.4, -0.2) is 11.1 Å². The van der Waals surface area contributed by atoms with Crippen LogP contribution in [0.4, 0.5) is 22.7 Å². The second kappa shape index (κ2) is 16.7. The highest BCUT2D eigenvalue weighted by molar-refractivity contribution is 6.27. The smallest absolute Gasteiger partial charge is 0.0726 e. The molecule has 17 rings (SSSR count).